The zero-order chi connectivity index (χ0) is 18.0. The average molecular weight is 350 g/mol. The van der Waals surface area contributed by atoms with Crippen molar-refractivity contribution in [2.75, 3.05) is 33.3 Å². The first-order chi connectivity index (χ1) is 12.7. The molecule has 2 aromatic rings. The predicted octanol–water partition coefficient (Wildman–Crippen LogP) is 3.07. The van der Waals surface area contributed by atoms with E-state index in [1.807, 2.05) is 24.3 Å². The third kappa shape index (κ3) is 3.21. The van der Waals surface area contributed by atoms with Crippen molar-refractivity contribution in [2.45, 2.75) is 24.8 Å². The summed E-state index contributed by atoms with van der Waals surface area (Å²) in [5, 5.41) is 0. The Balaban J connectivity index is 1.41. The second-order valence-corrected chi connectivity index (χ2v) is 7.34. The molecule has 0 N–H and O–H groups in total. The van der Waals surface area contributed by atoms with Crippen LogP contribution in [0.1, 0.15) is 24.0 Å². The van der Waals surface area contributed by atoms with Crippen molar-refractivity contribution in [3.8, 4) is 5.75 Å². The van der Waals surface area contributed by atoms with E-state index in [2.05, 4.69) is 40.1 Å². The van der Waals surface area contributed by atoms with Gasteiger partial charge in [0.25, 0.3) is 0 Å². The molecule has 2 aromatic carbocycles. The van der Waals surface area contributed by atoms with Crippen molar-refractivity contribution in [2.24, 2.45) is 0 Å². The summed E-state index contributed by atoms with van der Waals surface area (Å²) >= 11 is 0. The highest BCUT2D eigenvalue weighted by Gasteiger charge is 2.54. The van der Waals surface area contributed by atoms with Gasteiger partial charge in [-0.1, -0.05) is 48.5 Å². The number of amides is 1. The van der Waals surface area contributed by atoms with E-state index in [9.17, 15) is 4.79 Å². The molecule has 0 atom stereocenters. The highest BCUT2D eigenvalue weighted by molar-refractivity contribution is 5.92. The zero-order valence-corrected chi connectivity index (χ0v) is 15.4. The number of piperazine rings is 1. The second kappa shape index (κ2) is 7.12. The highest BCUT2D eigenvalue weighted by Crippen LogP contribution is 2.52. The number of para-hydroxylation sites is 1. The number of methoxy groups -OCH3 is 1. The molecule has 0 spiro atoms. The molecule has 136 valence electrons. The fraction of sp³-hybridized carbons (Fsp3) is 0.409. The summed E-state index contributed by atoms with van der Waals surface area (Å²) < 4.78 is 5.51. The van der Waals surface area contributed by atoms with Gasteiger partial charge in [-0.2, -0.15) is 0 Å². The maximum atomic E-state index is 13.3. The highest BCUT2D eigenvalue weighted by atomic mass is 16.5. The van der Waals surface area contributed by atoms with E-state index in [4.69, 9.17) is 4.74 Å². The molecule has 1 aliphatic carbocycles. The Bertz CT molecular complexity index is 763. The zero-order valence-electron chi connectivity index (χ0n) is 15.4. The van der Waals surface area contributed by atoms with Gasteiger partial charge in [-0.3, -0.25) is 9.69 Å². The van der Waals surface area contributed by atoms with E-state index in [0.29, 0.717) is 0 Å². The van der Waals surface area contributed by atoms with E-state index < -0.39 is 0 Å². The van der Waals surface area contributed by atoms with E-state index in [1.165, 1.54) is 5.56 Å². The summed E-state index contributed by atoms with van der Waals surface area (Å²) in [4.78, 5) is 17.8. The third-order valence-corrected chi connectivity index (χ3v) is 5.69. The van der Waals surface area contributed by atoms with Crippen molar-refractivity contribution in [1.82, 2.24) is 9.80 Å². The lowest BCUT2D eigenvalue weighted by atomic mass is 9.93. The van der Waals surface area contributed by atoms with Crippen molar-refractivity contribution < 1.29 is 9.53 Å². The van der Waals surface area contributed by atoms with Gasteiger partial charge >= 0.3 is 0 Å². The van der Waals surface area contributed by atoms with Crippen molar-refractivity contribution in [3.05, 3.63) is 65.7 Å². The summed E-state index contributed by atoms with van der Waals surface area (Å²) in [6.45, 7) is 4.44. The minimum atomic E-state index is -0.353. The Morgan fingerprint density at radius 3 is 2.27 bits per heavy atom. The lowest BCUT2D eigenvalue weighted by molar-refractivity contribution is -0.135. The quantitative estimate of drug-likeness (QED) is 0.831. The Morgan fingerprint density at radius 2 is 1.62 bits per heavy atom. The van der Waals surface area contributed by atoms with Gasteiger partial charge in [0, 0.05) is 38.3 Å². The molecule has 0 radical (unpaired) electrons. The lowest BCUT2D eigenvalue weighted by Gasteiger charge is -2.37. The van der Waals surface area contributed by atoms with Crippen LogP contribution in [0.25, 0.3) is 0 Å². The monoisotopic (exact) mass is 350 g/mol. The standard InChI is InChI=1S/C22H26N2O2/c1-26-20-10-6-5-9-19(20)22(11-12-22)21(25)24-15-13-23(14-16-24)17-18-7-3-2-4-8-18/h2-10H,11-17H2,1H3. The van der Waals surface area contributed by atoms with E-state index >= 15 is 0 Å². The number of carbonyl (C=O) groups is 1. The fourth-order valence-electron chi connectivity index (χ4n) is 4.02. The summed E-state index contributed by atoms with van der Waals surface area (Å²) in [6.07, 6.45) is 1.85. The third-order valence-electron chi connectivity index (χ3n) is 5.69. The molecule has 1 saturated heterocycles. The van der Waals surface area contributed by atoms with E-state index in [1.54, 1.807) is 7.11 Å². The van der Waals surface area contributed by atoms with Gasteiger partial charge < -0.3 is 9.64 Å². The van der Waals surface area contributed by atoms with E-state index in [0.717, 1.165) is 56.9 Å². The number of ether oxygens (including phenoxy) is 1. The fourth-order valence-corrected chi connectivity index (χ4v) is 4.02. The average Bonchev–Trinajstić information content (AvgIpc) is 3.51. The lowest BCUT2D eigenvalue weighted by Crippen LogP contribution is -2.51. The van der Waals surface area contributed by atoms with Crippen LogP contribution in [0.5, 0.6) is 5.75 Å². The SMILES string of the molecule is COc1ccccc1C1(C(=O)N2CCN(Cc3ccccc3)CC2)CC1. The Morgan fingerprint density at radius 1 is 0.962 bits per heavy atom. The number of hydrogen-bond acceptors (Lipinski definition) is 3. The molecule has 2 fully saturated rings. The molecule has 0 bridgehead atoms. The van der Waals surface area contributed by atoms with Crippen LogP contribution in [0.2, 0.25) is 0 Å². The van der Waals surface area contributed by atoms with Gasteiger partial charge in [0.05, 0.1) is 12.5 Å². The number of carbonyl (C=O) groups excluding carboxylic acids is 1. The van der Waals surface area contributed by atoms with Crippen LogP contribution < -0.4 is 4.74 Å². The molecular formula is C22H26N2O2. The van der Waals surface area contributed by atoms with Gasteiger partial charge in [-0.05, 0) is 24.5 Å². The van der Waals surface area contributed by atoms with Crippen molar-refractivity contribution in [1.29, 1.82) is 0 Å². The maximum absolute atomic E-state index is 13.3. The van der Waals surface area contributed by atoms with Crippen molar-refractivity contribution >= 4 is 5.91 Å². The normalized spacial score (nSPS) is 19.2. The van der Waals surface area contributed by atoms with Crippen LogP contribution >= 0.6 is 0 Å². The molecule has 0 aromatic heterocycles. The number of nitrogens with zero attached hydrogens (tertiary/aromatic N) is 2. The molecule has 1 aliphatic heterocycles. The molecule has 4 rings (SSSR count). The number of benzene rings is 2. The Hall–Kier alpha value is -2.33. The van der Waals surface area contributed by atoms with Gasteiger partial charge in [0.1, 0.15) is 5.75 Å². The summed E-state index contributed by atoms with van der Waals surface area (Å²) in [5.41, 5.74) is 2.04. The van der Waals surface area contributed by atoms with Gasteiger partial charge in [0.15, 0.2) is 0 Å². The molecule has 4 heteroatoms. The van der Waals surface area contributed by atoms with Crippen LogP contribution in [-0.2, 0) is 16.8 Å². The molecular weight excluding hydrogens is 324 g/mol. The molecule has 1 heterocycles. The molecule has 1 saturated carbocycles. The minimum absolute atomic E-state index is 0.279. The van der Waals surface area contributed by atoms with E-state index in [-0.39, 0.29) is 11.3 Å². The topological polar surface area (TPSA) is 32.8 Å². The Kier molecular flexibility index (Phi) is 4.68. The first-order valence-electron chi connectivity index (χ1n) is 9.42. The number of rotatable bonds is 5. The smallest absolute Gasteiger partial charge is 0.233 e. The molecule has 0 unspecified atom stereocenters. The summed E-state index contributed by atoms with van der Waals surface area (Å²) in [6, 6.07) is 18.5. The predicted molar refractivity (Wildman–Crippen MR) is 102 cm³/mol. The van der Waals surface area contributed by atoms with Gasteiger partial charge in [-0.25, -0.2) is 0 Å². The van der Waals surface area contributed by atoms with Crippen LogP contribution in [0, 0.1) is 0 Å². The molecule has 26 heavy (non-hydrogen) atoms. The maximum Gasteiger partial charge on any atom is 0.233 e. The van der Waals surface area contributed by atoms with Gasteiger partial charge in [-0.15, -0.1) is 0 Å². The summed E-state index contributed by atoms with van der Waals surface area (Å²) in [5.74, 6) is 1.11. The summed E-state index contributed by atoms with van der Waals surface area (Å²) in [7, 11) is 1.68. The number of hydrogen-bond donors (Lipinski definition) is 0. The largest absolute Gasteiger partial charge is 0.496 e. The van der Waals surface area contributed by atoms with Crippen molar-refractivity contribution in [3.63, 3.8) is 0 Å². The molecule has 2 aliphatic rings. The molecule has 4 nitrogen and oxygen atoms in total. The van der Waals surface area contributed by atoms with Crippen LogP contribution in [0.4, 0.5) is 0 Å². The second-order valence-electron chi connectivity index (χ2n) is 7.34. The first-order valence-corrected chi connectivity index (χ1v) is 9.42. The Labute approximate surface area is 155 Å². The van der Waals surface area contributed by atoms with Crippen LogP contribution in [-0.4, -0.2) is 49.0 Å². The minimum Gasteiger partial charge on any atom is -0.496 e. The molecule has 1 amide bonds. The van der Waals surface area contributed by atoms with Crippen LogP contribution in [0.3, 0.4) is 0 Å². The van der Waals surface area contributed by atoms with Gasteiger partial charge in [0.2, 0.25) is 5.91 Å². The van der Waals surface area contributed by atoms with Crippen LogP contribution in [0.15, 0.2) is 54.6 Å². The first kappa shape index (κ1) is 17.1.